The number of nitrogens with one attached hydrogen (secondary N) is 1. The zero-order chi connectivity index (χ0) is 17.6. The minimum absolute atomic E-state index is 0.173. The van der Waals surface area contributed by atoms with E-state index in [9.17, 15) is 9.59 Å². The third-order valence-electron chi connectivity index (χ3n) is 5.72. The molecule has 2 heterocycles. The summed E-state index contributed by atoms with van der Waals surface area (Å²) in [6.07, 6.45) is 7.05. The third-order valence-corrected chi connectivity index (χ3v) is 5.72. The third kappa shape index (κ3) is 5.47. The largest absolute Gasteiger partial charge is 0.354 e. The first-order valence-corrected chi connectivity index (χ1v) is 9.73. The molecule has 0 aliphatic carbocycles. The molecule has 0 unspecified atom stereocenters. The number of piperidine rings is 2. The van der Waals surface area contributed by atoms with Gasteiger partial charge in [0.05, 0.1) is 0 Å². The molecule has 0 aromatic carbocycles. The maximum atomic E-state index is 11.8. The van der Waals surface area contributed by atoms with Gasteiger partial charge in [-0.05, 0) is 71.0 Å². The summed E-state index contributed by atoms with van der Waals surface area (Å²) in [5.74, 6) is 0.480. The molecule has 2 amide bonds. The van der Waals surface area contributed by atoms with E-state index in [0.717, 1.165) is 39.1 Å². The second-order valence-electron chi connectivity index (χ2n) is 7.90. The number of amides is 2. The van der Waals surface area contributed by atoms with Crippen molar-refractivity contribution in [2.45, 2.75) is 71.8 Å². The second kappa shape index (κ2) is 8.84. The fourth-order valence-corrected chi connectivity index (χ4v) is 4.06. The van der Waals surface area contributed by atoms with Crippen LogP contribution in [0.3, 0.4) is 0 Å². The molecular formula is C19H35N3O2. The predicted molar refractivity (Wildman–Crippen MR) is 96.7 cm³/mol. The van der Waals surface area contributed by atoms with Crippen molar-refractivity contribution in [3.63, 3.8) is 0 Å². The van der Waals surface area contributed by atoms with Gasteiger partial charge in [0.25, 0.3) is 0 Å². The van der Waals surface area contributed by atoms with E-state index < -0.39 is 0 Å². The number of carbonyl (C=O) groups is 2. The Hall–Kier alpha value is -1.10. The molecule has 138 valence electrons. The Bertz CT molecular complexity index is 418. The maximum absolute atomic E-state index is 11.8. The van der Waals surface area contributed by atoms with Crippen LogP contribution in [0.1, 0.15) is 65.7 Å². The molecule has 0 radical (unpaired) electrons. The van der Waals surface area contributed by atoms with Gasteiger partial charge < -0.3 is 15.1 Å². The van der Waals surface area contributed by atoms with Crippen LogP contribution in [0.15, 0.2) is 0 Å². The van der Waals surface area contributed by atoms with E-state index in [0.29, 0.717) is 24.2 Å². The van der Waals surface area contributed by atoms with Gasteiger partial charge in [-0.1, -0.05) is 6.92 Å². The van der Waals surface area contributed by atoms with E-state index in [4.69, 9.17) is 0 Å². The summed E-state index contributed by atoms with van der Waals surface area (Å²) in [6.45, 7) is 11.2. The van der Waals surface area contributed by atoms with E-state index >= 15 is 0 Å². The van der Waals surface area contributed by atoms with Gasteiger partial charge in [0.2, 0.25) is 11.8 Å². The first-order valence-electron chi connectivity index (χ1n) is 9.73. The average Bonchev–Trinajstić information content (AvgIpc) is 2.56. The standard InChI is InChI=1S/C19H35N3O2/c1-4-18(24)22-14-9-19(10-15-22)7-12-21(13-8-19)11-5-6-17(23)20-16(2)3/h16H,4-15H2,1-3H3,(H,20,23). The minimum Gasteiger partial charge on any atom is -0.354 e. The zero-order valence-corrected chi connectivity index (χ0v) is 15.8. The molecule has 0 atom stereocenters. The second-order valence-corrected chi connectivity index (χ2v) is 7.90. The predicted octanol–water partition coefficient (Wildman–Crippen LogP) is 2.41. The number of carbonyl (C=O) groups excluding carboxylic acids is 2. The van der Waals surface area contributed by atoms with Crippen molar-refractivity contribution in [2.24, 2.45) is 5.41 Å². The first kappa shape index (κ1) is 19.2. The Labute approximate surface area is 147 Å². The lowest BCUT2D eigenvalue weighted by molar-refractivity contribution is -0.133. The van der Waals surface area contributed by atoms with Crippen LogP contribution in [-0.2, 0) is 9.59 Å². The van der Waals surface area contributed by atoms with E-state index in [1.165, 1.54) is 25.7 Å². The molecule has 0 aromatic rings. The summed E-state index contributed by atoms with van der Waals surface area (Å²) in [5, 5.41) is 2.96. The van der Waals surface area contributed by atoms with Crippen LogP contribution in [0.4, 0.5) is 0 Å². The molecule has 2 fully saturated rings. The van der Waals surface area contributed by atoms with Gasteiger partial charge in [0.15, 0.2) is 0 Å². The van der Waals surface area contributed by atoms with Gasteiger partial charge in [0, 0.05) is 32.0 Å². The molecule has 5 nitrogen and oxygen atoms in total. The highest BCUT2D eigenvalue weighted by molar-refractivity contribution is 5.76. The Balaban J connectivity index is 1.65. The fourth-order valence-electron chi connectivity index (χ4n) is 4.06. The smallest absolute Gasteiger partial charge is 0.222 e. The molecular weight excluding hydrogens is 302 g/mol. The molecule has 0 saturated carbocycles. The van der Waals surface area contributed by atoms with Crippen molar-refractivity contribution < 1.29 is 9.59 Å². The van der Waals surface area contributed by atoms with Crippen LogP contribution in [0.25, 0.3) is 0 Å². The van der Waals surface area contributed by atoms with Gasteiger partial charge in [-0.25, -0.2) is 0 Å². The zero-order valence-electron chi connectivity index (χ0n) is 15.8. The highest BCUT2D eigenvalue weighted by atomic mass is 16.2. The molecule has 0 bridgehead atoms. The van der Waals surface area contributed by atoms with Gasteiger partial charge in [-0.2, -0.15) is 0 Å². The Morgan fingerprint density at radius 1 is 1.04 bits per heavy atom. The lowest BCUT2D eigenvalue weighted by atomic mass is 9.71. The van der Waals surface area contributed by atoms with E-state index in [-0.39, 0.29) is 11.9 Å². The van der Waals surface area contributed by atoms with Gasteiger partial charge in [-0.15, -0.1) is 0 Å². The number of hydrogen-bond acceptors (Lipinski definition) is 3. The topological polar surface area (TPSA) is 52.7 Å². The molecule has 0 aromatic heterocycles. The highest BCUT2D eigenvalue weighted by Gasteiger charge is 2.38. The summed E-state index contributed by atoms with van der Waals surface area (Å²) in [7, 11) is 0. The van der Waals surface area contributed by atoms with Crippen molar-refractivity contribution in [1.29, 1.82) is 0 Å². The normalized spacial score (nSPS) is 21.2. The average molecular weight is 338 g/mol. The molecule has 5 heteroatoms. The van der Waals surface area contributed by atoms with Crippen molar-refractivity contribution in [1.82, 2.24) is 15.1 Å². The number of hydrogen-bond donors (Lipinski definition) is 1. The summed E-state index contributed by atoms with van der Waals surface area (Å²) < 4.78 is 0. The van der Waals surface area contributed by atoms with Crippen LogP contribution in [0, 0.1) is 5.41 Å². The van der Waals surface area contributed by atoms with Crippen LogP contribution in [0.5, 0.6) is 0 Å². The van der Waals surface area contributed by atoms with Crippen LogP contribution >= 0.6 is 0 Å². The fraction of sp³-hybridized carbons (Fsp3) is 0.895. The van der Waals surface area contributed by atoms with Gasteiger partial charge >= 0.3 is 0 Å². The number of nitrogens with zero attached hydrogens (tertiary/aromatic N) is 2. The van der Waals surface area contributed by atoms with Crippen molar-refractivity contribution >= 4 is 11.8 Å². The van der Waals surface area contributed by atoms with E-state index in [2.05, 4.69) is 10.2 Å². The Kier molecular flexibility index (Phi) is 7.08. The van der Waals surface area contributed by atoms with Crippen molar-refractivity contribution in [2.75, 3.05) is 32.7 Å². The Morgan fingerprint density at radius 2 is 1.62 bits per heavy atom. The highest BCUT2D eigenvalue weighted by Crippen LogP contribution is 2.41. The lowest BCUT2D eigenvalue weighted by Crippen LogP contribution is -2.48. The first-order chi connectivity index (χ1) is 11.4. The van der Waals surface area contributed by atoms with E-state index in [1.54, 1.807) is 0 Å². The quantitative estimate of drug-likeness (QED) is 0.810. The molecule has 1 spiro atoms. The molecule has 2 aliphatic heterocycles. The molecule has 24 heavy (non-hydrogen) atoms. The molecule has 2 saturated heterocycles. The molecule has 2 aliphatic rings. The van der Waals surface area contributed by atoms with Gasteiger partial charge in [0.1, 0.15) is 0 Å². The van der Waals surface area contributed by atoms with Crippen molar-refractivity contribution in [3.05, 3.63) is 0 Å². The molecule has 2 rings (SSSR count). The summed E-state index contributed by atoms with van der Waals surface area (Å²) in [4.78, 5) is 28.1. The summed E-state index contributed by atoms with van der Waals surface area (Å²) in [6, 6.07) is 0.234. The van der Waals surface area contributed by atoms with E-state index in [1.807, 2.05) is 25.7 Å². The van der Waals surface area contributed by atoms with Gasteiger partial charge in [-0.3, -0.25) is 9.59 Å². The lowest BCUT2D eigenvalue weighted by Gasteiger charge is -2.47. The summed E-state index contributed by atoms with van der Waals surface area (Å²) in [5.41, 5.74) is 0.468. The van der Waals surface area contributed by atoms with Crippen molar-refractivity contribution in [3.8, 4) is 0 Å². The SMILES string of the molecule is CCC(=O)N1CCC2(CCN(CCCC(=O)NC(C)C)CC2)CC1. The number of likely N-dealkylation sites (tertiary alicyclic amines) is 2. The Morgan fingerprint density at radius 3 is 2.17 bits per heavy atom. The minimum atomic E-state index is 0.173. The number of rotatable bonds is 6. The summed E-state index contributed by atoms with van der Waals surface area (Å²) >= 11 is 0. The van der Waals surface area contributed by atoms with Crippen LogP contribution in [-0.4, -0.2) is 60.4 Å². The van der Waals surface area contributed by atoms with Crippen LogP contribution < -0.4 is 5.32 Å². The van der Waals surface area contributed by atoms with Crippen LogP contribution in [0.2, 0.25) is 0 Å². The maximum Gasteiger partial charge on any atom is 0.222 e. The molecule has 1 N–H and O–H groups in total. The monoisotopic (exact) mass is 337 g/mol.